The van der Waals surface area contributed by atoms with Gasteiger partial charge in [0.05, 0.1) is 4.92 Å². The van der Waals surface area contributed by atoms with Crippen LogP contribution in [0, 0.1) is 17.0 Å². The highest BCUT2D eigenvalue weighted by atomic mass is 16.6. The van der Waals surface area contributed by atoms with Gasteiger partial charge in [-0.3, -0.25) is 14.9 Å². The first-order valence-corrected chi connectivity index (χ1v) is 8.72. The van der Waals surface area contributed by atoms with Crippen LogP contribution in [-0.2, 0) is 0 Å². The Morgan fingerprint density at radius 2 is 1.34 bits per heavy atom. The predicted octanol–water partition coefficient (Wildman–Crippen LogP) is 4.80. The number of hydrogen-bond donors (Lipinski definition) is 3. The molecule has 3 rings (SSSR count). The first-order valence-electron chi connectivity index (χ1n) is 8.72. The summed E-state index contributed by atoms with van der Waals surface area (Å²) in [7, 11) is 0. The highest BCUT2D eigenvalue weighted by molar-refractivity contribution is 6.05. The zero-order valence-corrected chi connectivity index (χ0v) is 15.5. The van der Waals surface area contributed by atoms with Gasteiger partial charge in [0, 0.05) is 34.3 Å². The largest absolute Gasteiger partial charge is 0.323 e. The Kier molecular flexibility index (Phi) is 5.84. The summed E-state index contributed by atoms with van der Waals surface area (Å²) in [4.78, 5) is 34.7. The smallest absolute Gasteiger partial charge is 0.322 e. The summed E-state index contributed by atoms with van der Waals surface area (Å²) in [5.41, 5.74) is 2.45. The molecule has 0 spiro atoms. The molecule has 3 N–H and O–H groups in total. The zero-order valence-electron chi connectivity index (χ0n) is 15.5. The van der Waals surface area contributed by atoms with Crippen LogP contribution in [0.2, 0.25) is 0 Å². The SMILES string of the molecule is Cc1cc(C(=O)Nc2ccc(NC(=O)Nc3ccccc3)cc2)ccc1[N+](=O)[O-]. The zero-order chi connectivity index (χ0) is 20.8. The van der Waals surface area contributed by atoms with Crippen molar-refractivity contribution in [3.63, 3.8) is 0 Å². The van der Waals surface area contributed by atoms with Crippen molar-refractivity contribution in [3.8, 4) is 0 Å². The third-order valence-corrected chi connectivity index (χ3v) is 4.09. The average Bonchev–Trinajstić information content (AvgIpc) is 2.69. The molecular weight excluding hydrogens is 372 g/mol. The van der Waals surface area contributed by atoms with E-state index in [-0.39, 0.29) is 17.6 Å². The van der Waals surface area contributed by atoms with E-state index in [1.165, 1.54) is 18.2 Å². The molecule has 0 aliphatic rings. The van der Waals surface area contributed by atoms with Crippen molar-refractivity contribution < 1.29 is 14.5 Å². The Bertz CT molecular complexity index is 1050. The fourth-order valence-electron chi connectivity index (χ4n) is 2.66. The normalized spacial score (nSPS) is 10.1. The van der Waals surface area contributed by atoms with Crippen molar-refractivity contribution in [2.45, 2.75) is 6.92 Å². The third-order valence-electron chi connectivity index (χ3n) is 4.09. The Hall–Kier alpha value is -4.20. The average molecular weight is 390 g/mol. The molecule has 3 amide bonds. The van der Waals surface area contributed by atoms with Crippen molar-refractivity contribution in [2.24, 2.45) is 0 Å². The molecule has 0 aliphatic heterocycles. The van der Waals surface area contributed by atoms with E-state index in [0.29, 0.717) is 28.2 Å². The Balaban J connectivity index is 1.60. The molecule has 0 atom stereocenters. The van der Waals surface area contributed by atoms with Gasteiger partial charge in [-0.2, -0.15) is 0 Å². The quantitative estimate of drug-likeness (QED) is 0.429. The monoisotopic (exact) mass is 390 g/mol. The molecule has 8 nitrogen and oxygen atoms in total. The van der Waals surface area contributed by atoms with E-state index in [0.717, 1.165) is 0 Å². The second kappa shape index (κ2) is 8.66. The predicted molar refractivity (Wildman–Crippen MR) is 111 cm³/mol. The summed E-state index contributed by atoms with van der Waals surface area (Å²) in [6.45, 7) is 1.58. The first kappa shape index (κ1) is 19.6. The summed E-state index contributed by atoms with van der Waals surface area (Å²) in [6.07, 6.45) is 0. The maximum Gasteiger partial charge on any atom is 0.323 e. The van der Waals surface area contributed by atoms with Gasteiger partial charge in [0.15, 0.2) is 0 Å². The van der Waals surface area contributed by atoms with Crippen LogP contribution < -0.4 is 16.0 Å². The number of nitro benzene ring substituents is 1. The number of rotatable bonds is 5. The Morgan fingerprint density at radius 3 is 1.90 bits per heavy atom. The van der Waals surface area contributed by atoms with Gasteiger partial charge >= 0.3 is 6.03 Å². The molecule has 29 heavy (non-hydrogen) atoms. The molecule has 0 heterocycles. The fraction of sp³-hybridized carbons (Fsp3) is 0.0476. The molecular formula is C21H18N4O4. The van der Waals surface area contributed by atoms with Gasteiger partial charge < -0.3 is 16.0 Å². The molecule has 0 bridgehead atoms. The Labute approximate surface area is 166 Å². The Morgan fingerprint density at radius 1 is 0.793 bits per heavy atom. The number of amides is 3. The second-order valence-electron chi connectivity index (χ2n) is 6.23. The van der Waals surface area contributed by atoms with E-state index in [1.807, 2.05) is 18.2 Å². The number of urea groups is 1. The summed E-state index contributed by atoms with van der Waals surface area (Å²) in [5.74, 6) is -0.384. The summed E-state index contributed by atoms with van der Waals surface area (Å²) < 4.78 is 0. The molecule has 0 saturated carbocycles. The molecule has 8 heteroatoms. The minimum absolute atomic E-state index is 0.0363. The minimum atomic E-state index is -0.489. The van der Waals surface area contributed by atoms with Crippen molar-refractivity contribution in [2.75, 3.05) is 16.0 Å². The van der Waals surface area contributed by atoms with Crippen LogP contribution in [0.15, 0.2) is 72.8 Å². The summed E-state index contributed by atoms with van der Waals surface area (Å²) in [6, 6.07) is 19.5. The number of benzene rings is 3. The van der Waals surface area contributed by atoms with Crippen molar-refractivity contribution >= 4 is 34.7 Å². The maximum atomic E-state index is 12.4. The summed E-state index contributed by atoms with van der Waals surface area (Å²) in [5, 5.41) is 19.0. The van der Waals surface area contributed by atoms with E-state index < -0.39 is 4.92 Å². The number of nitrogens with zero attached hydrogens (tertiary/aromatic N) is 1. The van der Waals surface area contributed by atoms with Crippen LogP contribution in [0.3, 0.4) is 0 Å². The molecule has 3 aromatic carbocycles. The van der Waals surface area contributed by atoms with E-state index >= 15 is 0 Å². The summed E-state index contributed by atoms with van der Waals surface area (Å²) >= 11 is 0. The lowest BCUT2D eigenvalue weighted by Gasteiger charge is -2.09. The molecule has 0 fully saturated rings. The van der Waals surface area contributed by atoms with E-state index in [2.05, 4.69) is 16.0 Å². The van der Waals surface area contributed by atoms with E-state index in [4.69, 9.17) is 0 Å². The molecule has 146 valence electrons. The molecule has 0 aliphatic carbocycles. The van der Waals surface area contributed by atoms with Crippen molar-refractivity contribution in [3.05, 3.63) is 94.0 Å². The van der Waals surface area contributed by atoms with E-state index in [9.17, 15) is 19.7 Å². The van der Waals surface area contributed by atoms with Gasteiger partial charge in [0.2, 0.25) is 0 Å². The third kappa shape index (κ3) is 5.16. The number of hydrogen-bond acceptors (Lipinski definition) is 4. The van der Waals surface area contributed by atoms with Crippen LogP contribution in [0.1, 0.15) is 15.9 Å². The molecule has 0 radical (unpaired) electrons. The van der Waals surface area contributed by atoms with E-state index in [1.54, 1.807) is 43.3 Å². The van der Waals surface area contributed by atoms with Crippen LogP contribution in [-0.4, -0.2) is 16.9 Å². The van der Waals surface area contributed by atoms with Crippen LogP contribution in [0.25, 0.3) is 0 Å². The molecule has 3 aromatic rings. The number of aryl methyl sites for hydroxylation is 1. The lowest BCUT2D eigenvalue weighted by Crippen LogP contribution is -2.19. The van der Waals surface area contributed by atoms with Gasteiger partial charge in [0.1, 0.15) is 0 Å². The first-order chi connectivity index (χ1) is 13.9. The standard InChI is InChI=1S/C21H18N4O4/c1-14-13-15(7-12-19(14)25(28)29)20(26)22-17-8-10-18(11-9-17)24-21(27)23-16-5-3-2-4-6-16/h2-13H,1H3,(H,22,26)(H2,23,24,27). The highest BCUT2D eigenvalue weighted by Crippen LogP contribution is 2.20. The van der Waals surface area contributed by atoms with Gasteiger partial charge in [-0.25, -0.2) is 4.79 Å². The number of anilines is 3. The van der Waals surface area contributed by atoms with Gasteiger partial charge in [-0.05, 0) is 55.5 Å². The number of nitro groups is 1. The topological polar surface area (TPSA) is 113 Å². The number of nitrogens with one attached hydrogen (secondary N) is 3. The number of carbonyl (C=O) groups excluding carboxylic acids is 2. The maximum absolute atomic E-state index is 12.4. The molecule has 0 unspecified atom stereocenters. The number of para-hydroxylation sites is 1. The van der Waals surface area contributed by atoms with Crippen LogP contribution in [0.5, 0.6) is 0 Å². The highest BCUT2D eigenvalue weighted by Gasteiger charge is 2.14. The van der Waals surface area contributed by atoms with Crippen molar-refractivity contribution in [1.82, 2.24) is 0 Å². The van der Waals surface area contributed by atoms with Crippen LogP contribution in [0.4, 0.5) is 27.5 Å². The van der Waals surface area contributed by atoms with Crippen LogP contribution >= 0.6 is 0 Å². The minimum Gasteiger partial charge on any atom is -0.322 e. The molecule has 0 aromatic heterocycles. The lowest BCUT2D eigenvalue weighted by atomic mass is 10.1. The second-order valence-corrected chi connectivity index (χ2v) is 6.23. The van der Waals surface area contributed by atoms with Gasteiger partial charge in [-0.1, -0.05) is 18.2 Å². The fourth-order valence-corrected chi connectivity index (χ4v) is 2.66. The van der Waals surface area contributed by atoms with Crippen molar-refractivity contribution in [1.29, 1.82) is 0 Å². The number of carbonyl (C=O) groups is 2. The van der Waals surface area contributed by atoms with Gasteiger partial charge in [0.25, 0.3) is 11.6 Å². The lowest BCUT2D eigenvalue weighted by molar-refractivity contribution is -0.385. The molecule has 0 saturated heterocycles. The van der Waals surface area contributed by atoms with Gasteiger partial charge in [-0.15, -0.1) is 0 Å².